The molecule has 0 saturated carbocycles. The quantitative estimate of drug-likeness (QED) is 0.166. The topological polar surface area (TPSA) is 136 Å². The summed E-state index contributed by atoms with van der Waals surface area (Å²) in [7, 11) is -4.01. The number of anilines is 1. The fourth-order valence-corrected chi connectivity index (χ4v) is 5.62. The number of H-pyrrole nitrogens is 1. The Morgan fingerprint density at radius 2 is 1.77 bits per heavy atom. The van der Waals surface area contributed by atoms with Gasteiger partial charge in [0, 0.05) is 17.7 Å². The standard InChI is InChI=1S/C29H35N5O5S/c1-5-7-8-9-10-11-26-30-19(3)27-29(36)31-28(32-34(26)27)24-18-23(16-17-25(24)39-6-2)40(37,38)33-22-14-12-21(13-15-22)20(4)35/h12-18,33H,5-11H2,1-4H3,(H,31,32,36). The number of unbranched alkanes of at least 4 members (excludes halogenated alkanes) is 4. The summed E-state index contributed by atoms with van der Waals surface area (Å²) in [6.45, 7) is 7.54. The van der Waals surface area contributed by atoms with Gasteiger partial charge in [0.1, 0.15) is 11.6 Å². The van der Waals surface area contributed by atoms with Crippen LogP contribution >= 0.6 is 0 Å². The number of carbonyl (C=O) groups excluding carboxylic acids is 1. The van der Waals surface area contributed by atoms with E-state index in [4.69, 9.17) is 4.74 Å². The highest BCUT2D eigenvalue weighted by Gasteiger charge is 2.21. The minimum Gasteiger partial charge on any atom is -0.493 e. The van der Waals surface area contributed by atoms with Crippen molar-refractivity contribution in [1.29, 1.82) is 0 Å². The monoisotopic (exact) mass is 565 g/mol. The van der Waals surface area contributed by atoms with Gasteiger partial charge in [-0.2, -0.15) is 0 Å². The minimum atomic E-state index is -4.01. The van der Waals surface area contributed by atoms with Crippen molar-refractivity contribution >= 4 is 27.0 Å². The Hall–Kier alpha value is -3.99. The maximum absolute atomic E-state index is 13.3. The first-order valence-electron chi connectivity index (χ1n) is 13.5. The van der Waals surface area contributed by atoms with Crippen LogP contribution in [0, 0.1) is 6.92 Å². The van der Waals surface area contributed by atoms with Crippen molar-refractivity contribution in [2.45, 2.75) is 71.1 Å². The number of carbonyl (C=O) groups is 1. The Balaban J connectivity index is 1.72. The second-order valence-electron chi connectivity index (χ2n) is 9.67. The predicted octanol–water partition coefficient (Wildman–Crippen LogP) is 5.31. The number of aromatic amines is 1. The number of aryl methyl sites for hydroxylation is 2. The van der Waals surface area contributed by atoms with E-state index < -0.39 is 10.0 Å². The van der Waals surface area contributed by atoms with E-state index in [-0.39, 0.29) is 22.1 Å². The number of nitrogens with zero attached hydrogens (tertiary/aromatic N) is 3. The Morgan fingerprint density at radius 3 is 2.45 bits per heavy atom. The third-order valence-electron chi connectivity index (χ3n) is 6.61. The Labute approximate surface area is 233 Å². The van der Waals surface area contributed by atoms with E-state index >= 15 is 0 Å². The molecule has 212 valence electrons. The summed E-state index contributed by atoms with van der Waals surface area (Å²) in [5, 5.41) is 4.69. The van der Waals surface area contributed by atoms with Gasteiger partial charge < -0.3 is 9.72 Å². The van der Waals surface area contributed by atoms with Gasteiger partial charge in [-0.3, -0.25) is 14.3 Å². The molecule has 0 radical (unpaired) electrons. The molecule has 40 heavy (non-hydrogen) atoms. The number of fused-ring (bicyclic) bond motifs is 1. The van der Waals surface area contributed by atoms with E-state index in [0.29, 0.717) is 52.6 Å². The molecule has 0 aliphatic carbocycles. The summed E-state index contributed by atoms with van der Waals surface area (Å²) < 4.78 is 36.4. The van der Waals surface area contributed by atoms with Gasteiger partial charge >= 0.3 is 0 Å². The molecule has 2 aromatic carbocycles. The molecule has 2 aromatic heterocycles. The Bertz CT molecular complexity index is 1670. The fraction of sp³-hybridized carbons (Fsp3) is 0.379. The van der Waals surface area contributed by atoms with Crippen LogP contribution in [-0.4, -0.2) is 40.4 Å². The van der Waals surface area contributed by atoms with Gasteiger partial charge in [-0.15, -0.1) is 5.10 Å². The van der Waals surface area contributed by atoms with Crippen LogP contribution in [0.15, 0.2) is 52.2 Å². The average molecular weight is 566 g/mol. The summed E-state index contributed by atoms with van der Waals surface area (Å²) in [6, 6.07) is 10.6. The van der Waals surface area contributed by atoms with Gasteiger partial charge in [0.05, 0.1) is 22.8 Å². The van der Waals surface area contributed by atoms with Crippen molar-refractivity contribution < 1.29 is 17.9 Å². The number of hydrogen-bond donors (Lipinski definition) is 2. The minimum absolute atomic E-state index is 0.0395. The summed E-state index contributed by atoms with van der Waals surface area (Å²) in [5.74, 6) is 1.13. The van der Waals surface area contributed by atoms with Crippen LogP contribution in [-0.2, 0) is 16.4 Å². The van der Waals surface area contributed by atoms with Crippen LogP contribution in [0.1, 0.15) is 74.8 Å². The van der Waals surface area contributed by atoms with E-state index in [2.05, 4.69) is 26.7 Å². The van der Waals surface area contributed by atoms with Crippen molar-refractivity contribution in [3.63, 3.8) is 0 Å². The molecular formula is C29H35N5O5S. The van der Waals surface area contributed by atoms with Crippen LogP contribution in [0.5, 0.6) is 5.75 Å². The lowest BCUT2D eigenvalue weighted by molar-refractivity contribution is 0.101. The van der Waals surface area contributed by atoms with Crippen molar-refractivity contribution in [3.8, 4) is 17.1 Å². The fourth-order valence-electron chi connectivity index (χ4n) is 4.54. The predicted molar refractivity (Wildman–Crippen MR) is 155 cm³/mol. The Morgan fingerprint density at radius 1 is 1.05 bits per heavy atom. The maximum atomic E-state index is 13.3. The molecule has 0 amide bonds. The molecule has 0 saturated heterocycles. The molecule has 2 N–H and O–H groups in total. The molecule has 2 heterocycles. The zero-order valence-electron chi connectivity index (χ0n) is 23.3. The van der Waals surface area contributed by atoms with Crippen molar-refractivity contribution in [2.75, 3.05) is 11.3 Å². The van der Waals surface area contributed by atoms with Gasteiger partial charge in [0.2, 0.25) is 0 Å². The third kappa shape index (κ3) is 6.41. The molecule has 11 heteroatoms. The number of aromatic nitrogens is 4. The Kier molecular flexibility index (Phi) is 9.03. The summed E-state index contributed by atoms with van der Waals surface area (Å²) in [6.07, 6.45) is 6.15. The highest BCUT2D eigenvalue weighted by Crippen LogP contribution is 2.31. The molecule has 0 atom stereocenters. The van der Waals surface area contributed by atoms with E-state index in [9.17, 15) is 18.0 Å². The van der Waals surface area contributed by atoms with Gasteiger partial charge in [-0.25, -0.2) is 17.9 Å². The third-order valence-corrected chi connectivity index (χ3v) is 7.99. The normalized spacial score (nSPS) is 11.6. The van der Waals surface area contributed by atoms with Crippen LogP contribution in [0.4, 0.5) is 5.69 Å². The van der Waals surface area contributed by atoms with Crippen LogP contribution in [0.3, 0.4) is 0 Å². The van der Waals surface area contributed by atoms with Crippen LogP contribution < -0.4 is 15.0 Å². The number of rotatable bonds is 13. The van der Waals surface area contributed by atoms with Crippen LogP contribution in [0.2, 0.25) is 0 Å². The van der Waals surface area contributed by atoms with Gasteiger partial charge in [0.15, 0.2) is 17.1 Å². The number of sulfonamides is 1. The molecule has 0 aliphatic rings. The number of imidazole rings is 1. The number of benzene rings is 2. The molecule has 4 rings (SSSR count). The number of Topliss-reactive ketones (excluding diaryl/α,β-unsaturated/α-hetero) is 1. The van der Waals surface area contributed by atoms with E-state index in [0.717, 1.165) is 25.7 Å². The highest BCUT2D eigenvalue weighted by atomic mass is 32.2. The van der Waals surface area contributed by atoms with Gasteiger partial charge in [-0.05, 0) is 69.7 Å². The van der Waals surface area contributed by atoms with E-state index in [1.807, 2.05) is 6.92 Å². The number of hydrogen-bond acceptors (Lipinski definition) is 7. The second kappa shape index (κ2) is 12.5. The number of nitrogens with one attached hydrogen (secondary N) is 2. The zero-order valence-corrected chi connectivity index (χ0v) is 24.1. The van der Waals surface area contributed by atoms with Gasteiger partial charge in [0.25, 0.3) is 15.6 Å². The lowest BCUT2D eigenvalue weighted by atomic mass is 10.1. The lowest BCUT2D eigenvalue weighted by Crippen LogP contribution is -2.17. The smallest absolute Gasteiger partial charge is 0.277 e. The van der Waals surface area contributed by atoms with Crippen molar-refractivity contribution in [2.24, 2.45) is 0 Å². The number of ketones is 1. The average Bonchev–Trinajstić information content (AvgIpc) is 3.24. The first kappa shape index (κ1) is 29.0. The summed E-state index contributed by atoms with van der Waals surface area (Å²) >= 11 is 0. The van der Waals surface area contributed by atoms with Gasteiger partial charge in [-0.1, -0.05) is 32.6 Å². The molecule has 0 fully saturated rings. The van der Waals surface area contributed by atoms with E-state index in [1.54, 1.807) is 29.6 Å². The van der Waals surface area contributed by atoms with Crippen molar-refractivity contribution in [3.05, 3.63) is 69.9 Å². The lowest BCUT2D eigenvalue weighted by Gasteiger charge is -2.14. The molecule has 0 aliphatic heterocycles. The second-order valence-corrected chi connectivity index (χ2v) is 11.4. The van der Waals surface area contributed by atoms with E-state index in [1.165, 1.54) is 37.6 Å². The molecular weight excluding hydrogens is 530 g/mol. The van der Waals surface area contributed by atoms with Crippen LogP contribution in [0.25, 0.3) is 16.9 Å². The maximum Gasteiger partial charge on any atom is 0.277 e. The summed E-state index contributed by atoms with van der Waals surface area (Å²) in [5.41, 5.74) is 1.70. The van der Waals surface area contributed by atoms with Crippen molar-refractivity contribution in [1.82, 2.24) is 19.6 Å². The SMILES string of the molecule is CCCCCCCc1nc(C)c2c(=O)[nH]c(-c3cc(S(=O)(=O)Nc4ccc(C(C)=O)cc4)ccc3OCC)nn12. The first-order valence-corrected chi connectivity index (χ1v) is 15.0. The molecule has 10 nitrogen and oxygen atoms in total. The summed E-state index contributed by atoms with van der Waals surface area (Å²) in [4.78, 5) is 32.0. The highest BCUT2D eigenvalue weighted by molar-refractivity contribution is 7.92. The first-order chi connectivity index (χ1) is 19.1. The molecule has 4 aromatic rings. The number of ether oxygens (including phenoxy) is 1. The largest absolute Gasteiger partial charge is 0.493 e. The molecule has 0 unspecified atom stereocenters. The molecule has 0 spiro atoms. The molecule has 0 bridgehead atoms. The zero-order chi connectivity index (χ0) is 28.9.